The standard InChI is InChI=1S/C10H16N2O4S/c13-9-5-7(6-11-9)10(14)12-8-1-3-17(15,16)4-2-8/h7-8H,1-6H2,(H,11,13)(H,12,14). The highest BCUT2D eigenvalue weighted by atomic mass is 32.2. The van der Waals surface area contributed by atoms with E-state index in [9.17, 15) is 18.0 Å². The number of amides is 2. The summed E-state index contributed by atoms with van der Waals surface area (Å²) in [5.74, 6) is -0.274. The maximum absolute atomic E-state index is 11.8. The molecule has 0 saturated carbocycles. The minimum Gasteiger partial charge on any atom is -0.355 e. The predicted molar refractivity (Wildman–Crippen MR) is 60.9 cm³/mol. The Morgan fingerprint density at radius 3 is 2.47 bits per heavy atom. The summed E-state index contributed by atoms with van der Waals surface area (Å²) in [6, 6.07) is -0.0678. The van der Waals surface area contributed by atoms with Crippen LogP contribution >= 0.6 is 0 Å². The van der Waals surface area contributed by atoms with E-state index in [-0.39, 0.29) is 41.7 Å². The fourth-order valence-electron chi connectivity index (χ4n) is 2.14. The minimum absolute atomic E-state index is 0.0678. The number of hydrogen-bond donors (Lipinski definition) is 2. The second kappa shape index (κ2) is 4.64. The van der Waals surface area contributed by atoms with Crippen LogP contribution in [0.15, 0.2) is 0 Å². The highest BCUT2D eigenvalue weighted by molar-refractivity contribution is 7.91. The van der Waals surface area contributed by atoms with Crippen LogP contribution in [0.3, 0.4) is 0 Å². The zero-order chi connectivity index (χ0) is 12.5. The summed E-state index contributed by atoms with van der Waals surface area (Å²) in [4.78, 5) is 22.7. The Labute approximate surface area is 100 Å². The van der Waals surface area contributed by atoms with Gasteiger partial charge in [-0.25, -0.2) is 8.42 Å². The monoisotopic (exact) mass is 260 g/mol. The van der Waals surface area contributed by atoms with E-state index >= 15 is 0 Å². The molecule has 0 spiro atoms. The lowest BCUT2D eigenvalue weighted by atomic mass is 10.1. The van der Waals surface area contributed by atoms with Crippen LogP contribution in [0.4, 0.5) is 0 Å². The molecule has 2 heterocycles. The maximum atomic E-state index is 11.8. The third kappa shape index (κ3) is 3.18. The molecule has 2 rings (SSSR count). The van der Waals surface area contributed by atoms with Gasteiger partial charge in [0.15, 0.2) is 0 Å². The van der Waals surface area contributed by atoms with E-state index in [0.29, 0.717) is 19.4 Å². The van der Waals surface area contributed by atoms with Crippen molar-refractivity contribution in [2.45, 2.75) is 25.3 Å². The molecule has 96 valence electrons. The van der Waals surface area contributed by atoms with Gasteiger partial charge in [0.05, 0.1) is 17.4 Å². The zero-order valence-corrected chi connectivity index (χ0v) is 10.3. The van der Waals surface area contributed by atoms with Crippen molar-refractivity contribution in [2.75, 3.05) is 18.1 Å². The van der Waals surface area contributed by atoms with Crippen molar-refractivity contribution >= 4 is 21.7 Å². The summed E-state index contributed by atoms with van der Waals surface area (Å²) in [7, 11) is -2.90. The topological polar surface area (TPSA) is 92.3 Å². The first-order chi connectivity index (χ1) is 7.96. The Hall–Kier alpha value is -1.11. The van der Waals surface area contributed by atoms with Crippen molar-refractivity contribution in [1.29, 1.82) is 0 Å². The molecular formula is C10H16N2O4S. The van der Waals surface area contributed by atoms with Crippen LogP contribution in [-0.2, 0) is 19.4 Å². The second-order valence-electron chi connectivity index (χ2n) is 4.64. The number of hydrogen-bond acceptors (Lipinski definition) is 4. The first-order valence-electron chi connectivity index (χ1n) is 5.74. The average Bonchev–Trinajstić information content (AvgIpc) is 2.68. The van der Waals surface area contributed by atoms with Gasteiger partial charge in [-0.1, -0.05) is 0 Å². The van der Waals surface area contributed by atoms with Crippen molar-refractivity contribution in [3.8, 4) is 0 Å². The largest absolute Gasteiger partial charge is 0.355 e. The van der Waals surface area contributed by atoms with Gasteiger partial charge in [-0.2, -0.15) is 0 Å². The highest BCUT2D eigenvalue weighted by Gasteiger charge is 2.31. The lowest BCUT2D eigenvalue weighted by molar-refractivity contribution is -0.127. The Morgan fingerprint density at radius 2 is 1.94 bits per heavy atom. The van der Waals surface area contributed by atoms with Crippen molar-refractivity contribution in [2.24, 2.45) is 5.92 Å². The van der Waals surface area contributed by atoms with Crippen molar-refractivity contribution in [3.63, 3.8) is 0 Å². The summed E-state index contributed by atoms with van der Waals surface area (Å²) in [6.07, 6.45) is 1.18. The van der Waals surface area contributed by atoms with Gasteiger partial charge in [-0.05, 0) is 12.8 Å². The zero-order valence-electron chi connectivity index (χ0n) is 9.44. The van der Waals surface area contributed by atoms with Crippen LogP contribution in [-0.4, -0.2) is 44.3 Å². The molecular weight excluding hydrogens is 244 g/mol. The van der Waals surface area contributed by atoms with E-state index in [1.165, 1.54) is 0 Å². The second-order valence-corrected chi connectivity index (χ2v) is 6.94. The van der Waals surface area contributed by atoms with Gasteiger partial charge in [-0.15, -0.1) is 0 Å². The smallest absolute Gasteiger partial charge is 0.225 e. The van der Waals surface area contributed by atoms with Crippen LogP contribution in [0.5, 0.6) is 0 Å². The number of rotatable bonds is 2. The van der Waals surface area contributed by atoms with Gasteiger partial charge >= 0.3 is 0 Å². The fourth-order valence-corrected chi connectivity index (χ4v) is 3.64. The molecule has 0 aromatic heterocycles. The molecule has 0 bridgehead atoms. The van der Waals surface area contributed by atoms with Gasteiger partial charge in [0.1, 0.15) is 9.84 Å². The van der Waals surface area contributed by atoms with Crippen LogP contribution in [0.25, 0.3) is 0 Å². The van der Waals surface area contributed by atoms with Crippen molar-refractivity contribution < 1.29 is 18.0 Å². The van der Waals surface area contributed by atoms with Gasteiger partial charge in [0.2, 0.25) is 11.8 Å². The lowest BCUT2D eigenvalue weighted by Gasteiger charge is -2.24. The summed E-state index contributed by atoms with van der Waals surface area (Å²) >= 11 is 0. The average molecular weight is 260 g/mol. The van der Waals surface area contributed by atoms with E-state index in [2.05, 4.69) is 10.6 Å². The molecule has 6 nitrogen and oxygen atoms in total. The molecule has 17 heavy (non-hydrogen) atoms. The van der Waals surface area contributed by atoms with Gasteiger partial charge < -0.3 is 10.6 Å². The Kier molecular flexibility index (Phi) is 3.37. The SMILES string of the molecule is O=C1CC(C(=O)NC2CCS(=O)(=O)CC2)CN1. The van der Waals surface area contributed by atoms with E-state index in [4.69, 9.17) is 0 Å². The summed E-state index contributed by atoms with van der Waals surface area (Å²) in [5, 5.41) is 5.43. The third-order valence-electron chi connectivity index (χ3n) is 3.25. The predicted octanol–water partition coefficient (Wildman–Crippen LogP) is -1.18. The molecule has 0 aromatic carbocycles. The molecule has 2 amide bonds. The molecule has 0 aromatic rings. The highest BCUT2D eigenvalue weighted by Crippen LogP contribution is 2.14. The molecule has 1 unspecified atom stereocenters. The van der Waals surface area contributed by atoms with Crippen LogP contribution in [0.2, 0.25) is 0 Å². The Bertz CT molecular complexity index is 418. The normalized spacial score (nSPS) is 28.7. The van der Waals surface area contributed by atoms with Gasteiger partial charge in [0.25, 0.3) is 0 Å². The molecule has 7 heteroatoms. The van der Waals surface area contributed by atoms with Crippen LogP contribution < -0.4 is 10.6 Å². The number of carbonyl (C=O) groups is 2. The molecule has 0 aliphatic carbocycles. The molecule has 2 aliphatic rings. The van der Waals surface area contributed by atoms with Crippen molar-refractivity contribution in [3.05, 3.63) is 0 Å². The number of sulfone groups is 1. The maximum Gasteiger partial charge on any atom is 0.225 e. The fraction of sp³-hybridized carbons (Fsp3) is 0.800. The first-order valence-corrected chi connectivity index (χ1v) is 7.56. The molecule has 1 atom stereocenters. The number of carbonyl (C=O) groups excluding carboxylic acids is 2. The van der Waals surface area contributed by atoms with Crippen LogP contribution in [0.1, 0.15) is 19.3 Å². The molecule has 2 fully saturated rings. The third-order valence-corrected chi connectivity index (χ3v) is 4.96. The van der Waals surface area contributed by atoms with Gasteiger partial charge in [-0.3, -0.25) is 9.59 Å². The first kappa shape index (κ1) is 12.3. The lowest BCUT2D eigenvalue weighted by Crippen LogP contribution is -2.43. The number of nitrogens with one attached hydrogen (secondary N) is 2. The Balaban J connectivity index is 1.82. The summed E-state index contributed by atoms with van der Waals surface area (Å²) in [6.45, 7) is 0.385. The van der Waals surface area contributed by atoms with E-state index < -0.39 is 9.84 Å². The summed E-state index contributed by atoms with van der Waals surface area (Å²) < 4.78 is 22.4. The molecule has 0 radical (unpaired) electrons. The Morgan fingerprint density at radius 1 is 1.29 bits per heavy atom. The van der Waals surface area contributed by atoms with Crippen LogP contribution in [0, 0.1) is 5.92 Å². The van der Waals surface area contributed by atoms with Crippen molar-refractivity contribution in [1.82, 2.24) is 10.6 Å². The summed E-state index contributed by atoms with van der Waals surface area (Å²) in [5.41, 5.74) is 0. The minimum atomic E-state index is -2.90. The quantitative estimate of drug-likeness (QED) is 0.653. The van der Waals surface area contributed by atoms with Gasteiger partial charge in [0, 0.05) is 19.0 Å². The van der Waals surface area contributed by atoms with E-state index in [1.54, 1.807) is 0 Å². The van der Waals surface area contributed by atoms with E-state index in [1.807, 2.05) is 0 Å². The molecule has 2 N–H and O–H groups in total. The molecule has 2 saturated heterocycles. The molecule has 2 aliphatic heterocycles. The van der Waals surface area contributed by atoms with E-state index in [0.717, 1.165) is 0 Å².